The van der Waals surface area contributed by atoms with Crippen molar-refractivity contribution in [1.29, 1.82) is 0 Å². The van der Waals surface area contributed by atoms with Gasteiger partial charge in [0.1, 0.15) is 0 Å². The van der Waals surface area contributed by atoms with Crippen LogP contribution in [-0.2, 0) is 4.74 Å². The molecule has 0 spiro atoms. The number of ether oxygens (including phenoxy) is 1. The molecule has 2 aromatic rings. The molecule has 0 aliphatic carbocycles. The number of rotatable bonds is 2. The van der Waals surface area contributed by atoms with E-state index in [1.54, 1.807) is 12.5 Å². The highest BCUT2D eigenvalue weighted by atomic mass is 16.5. The van der Waals surface area contributed by atoms with Crippen molar-refractivity contribution in [2.75, 3.05) is 13.1 Å². The van der Waals surface area contributed by atoms with E-state index in [9.17, 15) is 4.79 Å². The van der Waals surface area contributed by atoms with Gasteiger partial charge in [0.2, 0.25) is 0 Å². The number of amides is 1. The van der Waals surface area contributed by atoms with Crippen LogP contribution in [0.25, 0.3) is 5.69 Å². The summed E-state index contributed by atoms with van der Waals surface area (Å²) in [5, 5.41) is 0. The highest BCUT2D eigenvalue weighted by Crippen LogP contribution is 2.23. The number of carbonyl (C=O) groups excluding carboxylic acids is 1. The SMILES string of the molecule is CC1CN(C(=O)c2cccc(-n3ccnc3)c2)CC(C)(C)O1. The van der Waals surface area contributed by atoms with Crippen molar-refractivity contribution in [3.8, 4) is 5.69 Å². The van der Waals surface area contributed by atoms with Gasteiger partial charge in [-0.05, 0) is 39.0 Å². The Kier molecular flexibility index (Phi) is 3.74. The molecule has 1 atom stereocenters. The maximum absolute atomic E-state index is 12.8. The molecule has 1 fully saturated rings. The molecule has 22 heavy (non-hydrogen) atoms. The van der Waals surface area contributed by atoms with E-state index in [1.165, 1.54) is 0 Å². The van der Waals surface area contributed by atoms with E-state index in [0.717, 1.165) is 5.69 Å². The van der Waals surface area contributed by atoms with Crippen LogP contribution in [0, 0.1) is 0 Å². The second-order valence-corrected chi connectivity index (χ2v) is 6.39. The lowest BCUT2D eigenvalue weighted by Gasteiger charge is -2.41. The monoisotopic (exact) mass is 299 g/mol. The third-order valence-electron chi connectivity index (χ3n) is 3.75. The summed E-state index contributed by atoms with van der Waals surface area (Å²) in [6.07, 6.45) is 5.36. The molecule has 5 heteroatoms. The molecule has 1 saturated heterocycles. The summed E-state index contributed by atoms with van der Waals surface area (Å²) in [4.78, 5) is 18.7. The minimum Gasteiger partial charge on any atom is -0.369 e. The van der Waals surface area contributed by atoms with Crippen LogP contribution >= 0.6 is 0 Å². The first kappa shape index (κ1) is 14.8. The summed E-state index contributed by atoms with van der Waals surface area (Å²) in [5.41, 5.74) is 1.31. The number of nitrogens with zero attached hydrogens (tertiary/aromatic N) is 3. The average molecular weight is 299 g/mol. The van der Waals surface area contributed by atoms with Gasteiger partial charge < -0.3 is 14.2 Å². The zero-order valence-corrected chi connectivity index (χ0v) is 13.2. The molecular formula is C17H21N3O2. The first-order valence-corrected chi connectivity index (χ1v) is 7.50. The Labute approximate surface area is 130 Å². The molecule has 2 heterocycles. The van der Waals surface area contributed by atoms with Crippen molar-refractivity contribution >= 4 is 5.91 Å². The number of benzene rings is 1. The van der Waals surface area contributed by atoms with E-state index >= 15 is 0 Å². The van der Waals surface area contributed by atoms with Gasteiger partial charge in [-0.25, -0.2) is 4.98 Å². The Morgan fingerprint density at radius 3 is 2.91 bits per heavy atom. The second-order valence-electron chi connectivity index (χ2n) is 6.39. The van der Waals surface area contributed by atoms with Crippen molar-refractivity contribution in [2.24, 2.45) is 0 Å². The Morgan fingerprint density at radius 2 is 2.23 bits per heavy atom. The average Bonchev–Trinajstić information content (AvgIpc) is 2.98. The predicted molar refractivity (Wildman–Crippen MR) is 84.1 cm³/mol. The minimum atomic E-state index is -0.310. The van der Waals surface area contributed by atoms with Gasteiger partial charge in [-0.3, -0.25) is 4.79 Å². The molecule has 1 aliphatic rings. The van der Waals surface area contributed by atoms with Crippen LogP contribution in [0.15, 0.2) is 43.0 Å². The van der Waals surface area contributed by atoms with Crippen molar-refractivity contribution in [2.45, 2.75) is 32.5 Å². The molecule has 0 radical (unpaired) electrons. The molecule has 116 valence electrons. The van der Waals surface area contributed by atoms with Gasteiger partial charge in [-0.1, -0.05) is 6.07 Å². The standard InChI is InChI=1S/C17H21N3O2/c1-13-10-20(11-17(2,3)22-13)16(21)14-5-4-6-15(9-14)19-8-7-18-12-19/h4-9,12-13H,10-11H2,1-3H3. The summed E-state index contributed by atoms with van der Waals surface area (Å²) in [5.74, 6) is 0.0465. The van der Waals surface area contributed by atoms with Gasteiger partial charge in [0.25, 0.3) is 5.91 Å². The smallest absolute Gasteiger partial charge is 0.254 e. The summed E-state index contributed by atoms with van der Waals surface area (Å²) in [7, 11) is 0. The predicted octanol–water partition coefficient (Wildman–Crippen LogP) is 2.51. The van der Waals surface area contributed by atoms with E-state index < -0.39 is 0 Å². The third kappa shape index (κ3) is 3.04. The molecular weight excluding hydrogens is 278 g/mol. The minimum absolute atomic E-state index is 0.0459. The molecule has 1 amide bonds. The van der Waals surface area contributed by atoms with Crippen LogP contribution < -0.4 is 0 Å². The Bertz CT molecular complexity index is 664. The third-order valence-corrected chi connectivity index (χ3v) is 3.75. The van der Waals surface area contributed by atoms with Crippen LogP contribution in [0.5, 0.6) is 0 Å². The highest BCUT2D eigenvalue weighted by molar-refractivity contribution is 5.95. The molecule has 0 bridgehead atoms. The molecule has 0 N–H and O–H groups in total. The van der Waals surface area contributed by atoms with Crippen LogP contribution in [0.1, 0.15) is 31.1 Å². The molecule has 5 nitrogen and oxygen atoms in total. The molecule has 1 aromatic carbocycles. The van der Waals surface area contributed by atoms with Crippen LogP contribution in [-0.4, -0.2) is 45.2 Å². The van der Waals surface area contributed by atoms with E-state index in [0.29, 0.717) is 18.7 Å². The molecule has 1 aliphatic heterocycles. The number of imidazole rings is 1. The molecule has 1 unspecified atom stereocenters. The Morgan fingerprint density at radius 1 is 1.41 bits per heavy atom. The van der Waals surface area contributed by atoms with Crippen molar-refractivity contribution in [3.05, 3.63) is 48.5 Å². The van der Waals surface area contributed by atoms with E-state index in [1.807, 2.05) is 60.7 Å². The molecule has 3 rings (SSSR count). The normalized spacial score (nSPS) is 20.9. The number of hydrogen-bond acceptors (Lipinski definition) is 3. The van der Waals surface area contributed by atoms with E-state index in [-0.39, 0.29) is 17.6 Å². The van der Waals surface area contributed by atoms with Crippen LogP contribution in [0.4, 0.5) is 0 Å². The number of hydrogen-bond donors (Lipinski definition) is 0. The highest BCUT2D eigenvalue weighted by Gasteiger charge is 2.34. The maximum atomic E-state index is 12.8. The largest absolute Gasteiger partial charge is 0.369 e. The zero-order chi connectivity index (χ0) is 15.7. The second kappa shape index (κ2) is 5.57. The molecule has 1 aromatic heterocycles. The summed E-state index contributed by atoms with van der Waals surface area (Å²) >= 11 is 0. The number of carbonyl (C=O) groups is 1. The quantitative estimate of drug-likeness (QED) is 0.856. The van der Waals surface area contributed by atoms with Gasteiger partial charge in [0.05, 0.1) is 18.0 Å². The topological polar surface area (TPSA) is 47.4 Å². The zero-order valence-electron chi connectivity index (χ0n) is 13.2. The number of morpholine rings is 1. The van der Waals surface area contributed by atoms with Gasteiger partial charge in [0.15, 0.2) is 0 Å². The first-order valence-electron chi connectivity index (χ1n) is 7.50. The lowest BCUT2D eigenvalue weighted by molar-refractivity contribution is -0.118. The summed E-state index contributed by atoms with van der Waals surface area (Å²) in [6.45, 7) is 7.27. The Balaban J connectivity index is 1.85. The van der Waals surface area contributed by atoms with Crippen LogP contribution in [0.2, 0.25) is 0 Å². The van der Waals surface area contributed by atoms with Crippen molar-refractivity contribution in [1.82, 2.24) is 14.5 Å². The molecule has 0 saturated carbocycles. The number of aromatic nitrogens is 2. The van der Waals surface area contributed by atoms with Gasteiger partial charge in [0, 0.05) is 36.7 Å². The fourth-order valence-corrected chi connectivity index (χ4v) is 3.00. The fraction of sp³-hybridized carbons (Fsp3) is 0.412. The van der Waals surface area contributed by atoms with E-state index in [2.05, 4.69) is 4.98 Å². The Hall–Kier alpha value is -2.14. The van der Waals surface area contributed by atoms with Crippen LogP contribution in [0.3, 0.4) is 0 Å². The maximum Gasteiger partial charge on any atom is 0.254 e. The lowest BCUT2D eigenvalue weighted by Crippen LogP contribution is -2.53. The lowest BCUT2D eigenvalue weighted by atomic mass is 10.0. The van der Waals surface area contributed by atoms with E-state index in [4.69, 9.17) is 4.74 Å². The fourth-order valence-electron chi connectivity index (χ4n) is 3.00. The van der Waals surface area contributed by atoms with Gasteiger partial charge in [-0.15, -0.1) is 0 Å². The van der Waals surface area contributed by atoms with Gasteiger partial charge >= 0.3 is 0 Å². The van der Waals surface area contributed by atoms with Gasteiger partial charge in [-0.2, -0.15) is 0 Å². The van der Waals surface area contributed by atoms with Crippen molar-refractivity contribution < 1.29 is 9.53 Å². The first-order chi connectivity index (χ1) is 10.4. The van der Waals surface area contributed by atoms with Crippen molar-refractivity contribution in [3.63, 3.8) is 0 Å². The summed E-state index contributed by atoms with van der Waals surface area (Å²) in [6, 6.07) is 7.62. The summed E-state index contributed by atoms with van der Waals surface area (Å²) < 4.78 is 7.76.